The fourth-order valence-electron chi connectivity index (χ4n) is 0. The molecule has 5 heavy (non-hydrogen) atoms. The van der Waals surface area contributed by atoms with E-state index in [1.54, 1.807) is 0 Å². The molecule has 0 unspecified atom stereocenters. The van der Waals surface area contributed by atoms with Crippen LogP contribution in [-0.4, -0.2) is 6.16 Å². The molecular weight excluding hydrogens is 156 g/mol. The van der Waals surface area contributed by atoms with Gasteiger partial charge in [-0.3, -0.25) is 0 Å². The van der Waals surface area contributed by atoms with Crippen molar-refractivity contribution in [3.63, 3.8) is 0 Å². The fourth-order valence-corrected chi connectivity index (χ4v) is 0. The topological polar surface area (TPSA) is 63.2 Å². The minimum absolute atomic E-state index is 0. The average molecular weight is 156 g/mol. The smallest absolute Gasteiger partial charge is 0.652 e. The van der Waals surface area contributed by atoms with Crippen LogP contribution in [0.1, 0.15) is 0 Å². The van der Waals surface area contributed by atoms with Gasteiger partial charge in [-0.2, -0.15) is 0 Å². The van der Waals surface area contributed by atoms with Crippen LogP contribution in [0.4, 0.5) is 4.79 Å². The zero-order chi connectivity index (χ0) is 3.58. The molecule has 0 aliphatic carbocycles. The Labute approximate surface area is 42.9 Å². The largest absolute Gasteiger partial charge is 2.00 e. The summed E-state index contributed by atoms with van der Waals surface area (Å²) in [7, 11) is 0. The Kier molecular flexibility index (Phi) is 7.03. The summed E-state index contributed by atoms with van der Waals surface area (Å²) in [5.41, 5.74) is 0. The zero-order valence-electron chi connectivity index (χ0n) is 2.13. The summed E-state index contributed by atoms with van der Waals surface area (Å²) in [6, 6.07) is 0. The summed E-state index contributed by atoms with van der Waals surface area (Å²) < 4.78 is 0. The van der Waals surface area contributed by atoms with Crippen molar-refractivity contribution in [3.8, 4) is 0 Å². The Hall–Kier alpha value is -0.0417. The molecule has 0 spiro atoms. The Balaban J connectivity index is 0. The number of carboxylic acid groups (broad SMARTS) is 2. The minimum Gasteiger partial charge on any atom is -0.652 e. The first-order chi connectivity index (χ1) is 1.73. The third-order valence-electron chi connectivity index (χ3n) is 0. The molecule has 0 radical (unpaired) electrons. The van der Waals surface area contributed by atoms with E-state index in [4.69, 9.17) is 15.0 Å². The molecule has 4 heteroatoms. The summed E-state index contributed by atoms with van der Waals surface area (Å²) in [5, 5.41) is 16.7. The molecule has 0 aromatic heterocycles. The second kappa shape index (κ2) is 3.96. The van der Waals surface area contributed by atoms with Crippen LogP contribution >= 0.6 is 0 Å². The van der Waals surface area contributed by atoms with Gasteiger partial charge in [-0.1, -0.05) is 0 Å². The van der Waals surface area contributed by atoms with Gasteiger partial charge in [0.15, 0.2) is 0 Å². The van der Waals surface area contributed by atoms with Crippen LogP contribution < -0.4 is 10.2 Å². The molecule has 0 aromatic carbocycles. The molecule has 0 aliphatic heterocycles. The maximum Gasteiger partial charge on any atom is 2.00 e. The van der Waals surface area contributed by atoms with Crippen LogP contribution in [0.2, 0.25) is 0 Å². The van der Waals surface area contributed by atoms with Gasteiger partial charge in [0.2, 0.25) is 0 Å². The Morgan fingerprint density at radius 3 is 1.40 bits per heavy atom. The normalized spacial score (nSPS) is 4.80. The van der Waals surface area contributed by atoms with E-state index in [2.05, 4.69) is 0 Å². The van der Waals surface area contributed by atoms with E-state index < -0.39 is 6.16 Å². The van der Waals surface area contributed by atoms with Crippen LogP contribution in [0.3, 0.4) is 0 Å². The number of carbonyl (C=O) groups excluding carboxylic acids is 1. The third kappa shape index (κ3) is 8730. The van der Waals surface area contributed by atoms with Crippen molar-refractivity contribution in [2.45, 2.75) is 0 Å². The molecule has 0 amide bonds. The van der Waals surface area contributed by atoms with Crippen molar-refractivity contribution in [3.05, 3.63) is 0 Å². The van der Waals surface area contributed by atoms with Gasteiger partial charge in [0.25, 0.3) is 0 Å². The molecule has 0 saturated heterocycles. The first kappa shape index (κ1) is 8.88. The zero-order valence-corrected chi connectivity index (χ0v) is 4.14. The monoisotopic (exact) mass is 158 g/mol. The van der Waals surface area contributed by atoms with Gasteiger partial charge in [-0.05, 0) is 6.16 Å². The SMILES string of the molecule is O=C([O-])[O-].[Mo+2]. The maximum absolute atomic E-state index is 8.33. The molecule has 0 N–H and O–H groups in total. The second-order valence-corrected chi connectivity index (χ2v) is 0.250. The van der Waals surface area contributed by atoms with Crippen LogP contribution in [0.15, 0.2) is 0 Å². The van der Waals surface area contributed by atoms with Crippen LogP contribution in [0, 0.1) is 0 Å². The van der Waals surface area contributed by atoms with Crippen molar-refractivity contribution in [2.75, 3.05) is 0 Å². The summed E-state index contributed by atoms with van der Waals surface area (Å²) in [5.74, 6) is 0. The molecule has 0 heterocycles. The summed E-state index contributed by atoms with van der Waals surface area (Å²) >= 11 is 0. The minimum atomic E-state index is -2.33. The van der Waals surface area contributed by atoms with Gasteiger partial charge in [0, 0.05) is 0 Å². The van der Waals surface area contributed by atoms with E-state index in [-0.39, 0.29) is 21.1 Å². The molecule has 0 bridgehead atoms. The van der Waals surface area contributed by atoms with Gasteiger partial charge in [-0.25, -0.2) is 0 Å². The molecule has 0 saturated carbocycles. The maximum atomic E-state index is 8.33. The van der Waals surface area contributed by atoms with Crippen molar-refractivity contribution in [1.82, 2.24) is 0 Å². The van der Waals surface area contributed by atoms with Crippen molar-refractivity contribution < 1.29 is 36.1 Å². The number of rotatable bonds is 0. The molecule has 0 rings (SSSR count). The number of hydrogen-bond acceptors (Lipinski definition) is 3. The van der Waals surface area contributed by atoms with Crippen molar-refractivity contribution >= 4 is 6.16 Å². The van der Waals surface area contributed by atoms with Crippen molar-refractivity contribution in [2.24, 2.45) is 0 Å². The second-order valence-electron chi connectivity index (χ2n) is 0.250. The third-order valence-corrected chi connectivity index (χ3v) is 0. The molecule has 0 aliphatic rings. The van der Waals surface area contributed by atoms with E-state index in [0.717, 1.165) is 0 Å². The Bertz CT molecular complexity index is 29.9. The van der Waals surface area contributed by atoms with E-state index >= 15 is 0 Å². The number of carbonyl (C=O) groups is 1. The molecule has 0 fully saturated rings. The first-order valence-electron chi connectivity index (χ1n) is 0.612. The van der Waals surface area contributed by atoms with Crippen LogP contribution in [-0.2, 0) is 21.1 Å². The quantitative estimate of drug-likeness (QED) is 0.365. The summed E-state index contributed by atoms with van der Waals surface area (Å²) in [6.07, 6.45) is -2.33. The van der Waals surface area contributed by atoms with E-state index in [0.29, 0.717) is 0 Å². The van der Waals surface area contributed by atoms with Gasteiger partial charge in [0.05, 0.1) is 0 Å². The van der Waals surface area contributed by atoms with Crippen LogP contribution in [0.5, 0.6) is 0 Å². The van der Waals surface area contributed by atoms with E-state index in [9.17, 15) is 0 Å². The predicted octanol–water partition coefficient (Wildman–Crippen LogP) is -2.45. The Morgan fingerprint density at radius 2 is 1.40 bits per heavy atom. The average Bonchev–Trinajstić information content (AvgIpc) is 0.811. The fraction of sp³-hybridized carbons (Fsp3) is 0. The number of hydrogen-bond donors (Lipinski definition) is 0. The molecule has 3 nitrogen and oxygen atoms in total. The first-order valence-corrected chi connectivity index (χ1v) is 0.612. The standard InChI is InChI=1S/CH2O3.Mo/c2-1(3)4;/h(H2,2,3,4);/q;+2/p-2. The molecule has 0 aromatic rings. The Morgan fingerprint density at radius 1 is 1.40 bits per heavy atom. The summed E-state index contributed by atoms with van der Waals surface area (Å²) in [4.78, 5) is 8.33. The van der Waals surface area contributed by atoms with Gasteiger partial charge in [-0.15, -0.1) is 0 Å². The van der Waals surface area contributed by atoms with Gasteiger partial charge >= 0.3 is 21.1 Å². The molecule has 0 atom stereocenters. The molecular formula is CMoO3. The molecule has 28 valence electrons. The summed E-state index contributed by atoms with van der Waals surface area (Å²) in [6.45, 7) is 0. The van der Waals surface area contributed by atoms with Gasteiger partial charge in [0.1, 0.15) is 0 Å². The van der Waals surface area contributed by atoms with E-state index in [1.165, 1.54) is 0 Å². The predicted molar refractivity (Wildman–Crippen MR) is 5.40 cm³/mol. The van der Waals surface area contributed by atoms with Gasteiger partial charge < -0.3 is 15.0 Å². The van der Waals surface area contributed by atoms with E-state index in [1.807, 2.05) is 0 Å². The van der Waals surface area contributed by atoms with Crippen LogP contribution in [0.25, 0.3) is 0 Å². The van der Waals surface area contributed by atoms with Crippen molar-refractivity contribution in [1.29, 1.82) is 0 Å².